The Bertz CT molecular complexity index is 1140. The predicted molar refractivity (Wildman–Crippen MR) is 133 cm³/mol. The number of anilines is 3. The molecule has 3 amide bonds. The van der Waals surface area contributed by atoms with Crippen LogP contribution in [0.4, 0.5) is 17.1 Å². The number of carbonyl (C=O) groups is 3. The van der Waals surface area contributed by atoms with Crippen molar-refractivity contribution in [2.45, 2.75) is 52.0 Å². The van der Waals surface area contributed by atoms with Gasteiger partial charge in [-0.25, -0.2) is 0 Å². The van der Waals surface area contributed by atoms with Crippen molar-refractivity contribution in [1.29, 1.82) is 0 Å². The van der Waals surface area contributed by atoms with Crippen LogP contribution in [-0.4, -0.2) is 54.8 Å². The maximum Gasteiger partial charge on any atom is 0.253 e. The second-order valence-corrected chi connectivity index (χ2v) is 9.68. The number of likely N-dealkylation sites (tertiary alicyclic amines) is 1. The fourth-order valence-electron chi connectivity index (χ4n) is 5.32. The zero-order valence-corrected chi connectivity index (χ0v) is 20.0. The lowest BCUT2D eigenvalue weighted by Gasteiger charge is -2.45. The average Bonchev–Trinajstić information content (AvgIpc) is 3.38. The van der Waals surface area contributed by atoms with Crippen LogP contribution in [0.2, 0.25) is 0 Å². The van der Waals surface area contributed by atoms with E-state index >= 15 is 0 Å². The van der Waals surface area contributed by atoms with E-state index in [0.29, 0.717) is 11.3 Å². The molecule has 0 radical (unpaired) electrons. The molecule has 1 atom stereocenters. The summed E-state index contributed by atoms with van der Waals surface area (Å²) in [5, 5.41) is 2.94. The number of hydrogen-bond acceptors (Lipinski definition) is 4. The lowest BCUT2D eigenvalue weighted by Crippen LogP contribution is -2.56. The van der Waals surface area contributed by atoms with Crippen molar-refractivity contribution in [2.75, 3.05) is 41.3 Å². The number of nitrogens with zero attached hydrogens (tertiary/aromatic N) is 3. The number of carbonyl (C=O) groups excluding carboxylic acids is 3. The molecule has 0 saturated carbocycles. The van der Waals surface area contributed by atoms with Crippen LogP contribution in [0.5, 0.6) is 0 Å². The number of nitrogens with one attached hydrogen (secondary N) is 1. The Morgan fingerprint density at radius 2 is 1.68 bits per heavy atom. The zero-order chi connectivity index (χ0) is 23.8. The van der Waals surface area contributed by atoms with Crippen LogP contribution in [0.25, 0.3) is 0 Å². The van der Waals surface area contributed by atoms with Crippen molar-refractivity contribution in [3.05, 3.63) is 53.1 Å². The molecular weight excluding hydrogens is 428 g/mol. The van der Waals surface area contributed by atoms with Gasteiger partial charge < -0.3 is 15.1 Å². The van der Waals surface area contributed by atoms with Gasteiger partial charge in [0.05, 0.1) is 11.4 Å². The summed E-state index contributed by atoms with van der Waals surface area (Å²) in [7, 11) is 0. The van der Waals surface area contributed by atoms with Crippen LogP contribution in [0.3, 0.4) is 0 Å². The quantitative estimate of drug-likeness (QED) is 0.752. The number of aryl methyl sites for hydroxylation is 2. The van der Waals surface area contributed by atoms with E-state index in [4.69, 9.17) is 0 Å². The molecule has 3 heterocycles. The Balaban J connectivity index is 1.45. The monoisotopic (exact) mass is 460 g/mol. The maximum absolute atomic E-state index is 13.6. The van der Waals surface area contributed by atoms with Gasteiger partial charge in [-0.15, -0.1) is 0 Å². The van der Waals surface area contributed by atoms with Crippen molar-refractivity contribution < 1.29 is 14.4 Å². The minimum absolute atomic E-state index is 0.00644. The first-order valence-corrected chi connectivity index (χ1v) is 12.3. The molecule has 7 heteroatoms. The first kappa shape index (κ1) is 22.4. The molecule has 2 fully saturated rings. The molecule has 3 aliphatic heterocycles. The molecule has 2 aromatic carbocycles. The minimum atomic E-state index is -0.254. The first-order chi connectivity index (χ1) is 16.4. The molecule has 0 aliphatic carbocycles. The molecule has 5 rings (SSSR count). The molecule has 3 aliphatic rings. The van der Waals surface area contributed by atoms with Gasteiger partial charge in [0.1, 0.15) is 12.6 Å². The fourth-order valence-corrected chi connectivity index (χ4v) is 5.32. The van der Waals surface area contributed by atoms with Crippen molar-refractivity contribution in [3.8, 4) is 0 Å². The number of hydrogen-bond donors (Lipinski definition) is 1. The number of piperidine rings is 1. The van der Waals surface area contributed by atoms with E-state index in [1.165, 1.54) is 0 Å². The normalized spacial score (nSPS) is 19.6. The molecule has 7 nitrogen and oxygen atoms in total. The molecule has 1 N–H and O–H groups in total. The summed E-state index contributed by atoms with van der Waals surface area (Å²) in [6, 6.07) is 11.2. The second-order valence-electron chi connectivity index (χ2n) is 9.68. The van der Waals surface area contributed by atoms with E-state index in [1.807, 2.05) is 55.1 Å². The van der Waals surface area contributed by atoms with Gasteiger partial charge >= 0.3 is 0 Å². The van der Waals surface area contributed by atoms with E-state index in [0.717, 1.165) is 74.2 Å². The minimum Gasteiger partial charge on any atom is -0.358 e. The van der Waals surface area contributed by atoms with Gasteiger partial charge in [-0.05, 0) is 87.4 Å². The third-order valence-corrected chi connectivity index (χ3v) is 7.36. The summed E-state index contributed by atoms with van der Waals surface area (Å²) in [4.78, 5) is 45.2. The molecule has 0 aromatic heterocycles. The first-order valence-electron chi connectivity index (χ1n) is 12.3. The molecule has 34 heavy (non-hydrogen) atoms. The Hall–Kier alpha value is -3.35. The van der Waals surface area contributed by atoms with Crippen LogP contribution >= 0.6 is 0 Å². The standard InChI is InChI=1S/C27H32N4O3/c1-18-8-10-21(15-19(18)2)28-25(32)17-31-24-16-20(26(33)29-12-5-6-13-29)9-11-22(24)30-14-4-3-7-23(30)27(31)34/h8-11,15-16,23H,3-7,12-14,17H2,1-2H3,(H,28,32)/t23-/m1/s1. The highest BCUT2D eigenvalue weighted by molar-refractivity contribution is 6.11. The van der Waals surface area contributed by atoms with Crippen LogP contribution < -0.4 is 15.1 Å². The van der Waals surface area contributed by atoms with Gasteiger partial charge in [-0.3, -0.25) is 19.3 Å². The third kappa shape index (κ3) is 4.15. The van der Waals surface area contributed by atoms with E-state index in [-0.39, 0.29) is 30.3 Å². The van der Waals surface area contributed by atoms with E-state index in [2.05, 4.69) is 10.2 Å². The van der Waals surface area contributed by atoms with Crippen molar-refractivity contribution in [1.82, 2.24) is 4.90 Å². The highest BCUT2D eigenvalue weighted by Gasteiger charge is 2.40. The lowest BCUT2D eigenvalue weighted by molar-refractivity contribution is -0.123. The summed E-state index contributed by atoms with van der Waals surface area (Å²) >= 11 is 0. The number of rotatable bonds is 4. The molecule has 0 unspecified atom stereocenters. The molecule has 178 valence electrons. The topological polar surface area (TPSA) is 73.0 Å². The Morgan fingerprint density at radius 1 is 0.912 bits per heavy atom. The van der Waals surface area contributed by atoms with Gasteiger partial charge in [-0.2, -0.15) is 0 Å². The lowest BCUT2D eigenvalue weighted by atomic mass is 9.95. The maximum atomic E-state index is 13.6. The molecule has 2 aromatic rings. The summed E-state index contributed by atoms with van der Waals surface area (Å²) in [6.07, 6.45) is 4.86. The zero-order valence-electron chi connectivity index (χ0n) is 20.0. The van der Waals surface area contributed by atoms with Crippen molar-refractivity contribution in [2.24, 2.45) is 0 Å². The summed E-state index contributed by atoms with van der Waals surface area (Å²) in [6.45, 7) is 6.30. The second kappa shape index (κ2) is 9.12. The number of fused-ring (bicyclic) bond motifs is 3. The largest absolute Gasteiger partial charge is 0.358 e. The van der Waals surface area contributed by atoms with Gasteiger partial charge in [0.2, 0.25) is 11.8 Å². The molecular formula is C27H32N4O3. The molecule has 0 bridgehead atoms. The third-order valence-electron chi connectivity index (χ3n) is 7.36. The molecule has 2 saturated heterocycles. The fraction of sp³-hybridized carbons (Fsp3) is 0.444. The smallest absolute Gasteiger partial charge is 0.253 e. The highest BCUT2D eigenvalue weighted by atomic mass is 16.2. The average molecular weight is 461 g/mol. The van der Waals surface area contributed by atoms with Gasteiger partial charge in [-0.1, -0.05) is 6.07 Å². The Labute approximate surface area is 200 Å². The van der Waals surface area contributed by atoms with Crippen LogP contribution in [0.1, 0.15) is 53.6 Å². The van der Waals surface area contributed by atoms with Crippen molar-refractivity contribution in [3.63, 3.8) is 0 Å². The van der Waals surface area contributed by atoms with Gasteiger partial charge in [0.25, 0.3) is 5.91 Å². The van der Waals surface area contributed by atoms with Crippen LogP contribution in [0, 0.1) is 13.8 Å². The van der Waals surface area contributed by atoms with Crippen molar-refractivity contribution >= 4 is 34.8 Å². The van der Waals surface area contributed by atoms with Gasteiger partial charge in [0, 0.05) is 30.9 Å². The predicted octanol–water partition coefficient (Wildman–Crippen LogP) is 3.88. The Morgan fingerprint density at radius 3 is 2.44 bits per heavy atom. The van der Waals surface area contributed by atoms with Crippen LogP contribution in [0.15, 0.2) is 36.4 Å². The highest BCUT2D eigenvalue weighted by Crippen LogP contribution is 2.40. The van der Waals surface area contributed by atoms with Gasteiger partial charge in [0.15, 0.2) is 0 Å². The van der Waals surface area contributed by atoms with E-state index in [1.54, 1.807) is 4.90 Å². The van der Waals surface area contributed by atoms with E-state index < -0.39 is 0 Å². The SMILES string of the molecule is Cc1ccc(NC(=O)CN2C(=O)[C@H]3CCCCN3c3ccc(C(=O)N4CCCC4)cc32)cc1C. The summed E-state index contributed by atoms with van der Waals surface area (Å²) in [5.74, 6) is -0.315. The molecule has 0 spiro atoms. The van der Waals surface area contributed by atoms with Crippen LogP contribution in [-0.2, 0) is 9.59 Å². The summed E-state index contributed by atoms with van der Waals surface area (Å²) < 4.78 is 0. The number of amides is 3. The Kier molecular flexibility index (Phi) is 6.02. The number of benzene rings is 2. The summed E-state index contributed by atoms with van der Waals surface area (Å²) in [5.41, 5.74) is 5.13. The van der Waals surface area contributed by atoms with E-state index in [9.17, 15) is 14.4 Å².